The highest BCUT2D eigenvalue weighted by Gasteiger charge is 2.24. The third-order valence-electron chi connectivity index (χ3n) is 4.63. The topological polar surface area (TPSA) is 74.5 Å². The molecule has 1 heterocycles. The first-order valence-corrected chi connectivity index (χ1v) is 8.90. The highest BCUT2D eigenvalue weighted by molar-refractivity contribution is 6.08. The largest absolute Gasteiger partial charge is 0.505 e. The maximum Gasteiger partial charge on any atom is 0.264 e. The van der Waals surface area contributed by atoms with Crippen LogP contribution in [0.25, 0.3) is 5.69 Å². The second-order valence-electron chi connectivity index (χ2n) is 7.07. The van der Waals surface area contributed by atoms with Crippen molar-refractivity contribution in [1.82, 2.24) is 4.57 Å². The molecule has 1 amide bonds. The number of carbonyl (C=O) groups is 1. The van der Waals surface area contributed by atoms with Crippen LogP contribution >= 0.6 is 0 Å². The van der Waals surface area contributed by atoms with Crippen LogP contribution in [0.5, 0.6) is 11.6 Å². The maximum atomic E-state index is 12.8. The molecule has 0 aliphatic carbocycles. The first kappa shape index (κ1) is 18.6. The number of carbonyl (C=O) groups excluding carboxylic acids is 1. The van der Waals surface area contributed by atoms with Gasteiger partial charge in [-0.15, -0.1) is 0 Å². The Kier molecular flexibility index (Phi) is 4.95. The number of hydrogen-bond donors (Lipinski definition) is 3. The van der Waals surface area contributed by atoms with Gasteiger partial charge in [0.2, 0.25) is 5.88 Å². The fourth-order valence-corrected chi connectivity index (χ4v) is 3.26. The Labute approximate surface area is 158 Å². The van der Waals surface area contributed by atoms with Crippen LogP contribution in [0.3, 0.4) is 0 Å². The van der Waals surface area contributed by atoms with E-state index in [1.165, 1.54) is 10.8 Å². The molecule has 0 aliphatic rings. The van der Waals surface area contributed by atoms with Gasteiger partial charge in [-0.2, -0.15) is 0 Å². The number of hydrogen-bond acceptors (Lipinski definition) is 3. The number of rotatable bonds is 4. The van der Waals surface area contributed by atoms with E-state index in [1.54, 1.807) is 0 Å². The zero-order valence-electron chi connectivity index (χ0n) is 15.9. The molecule has 0 atom stereocenters. The van der Waals surface area contributed by atoms with Crippen molar-refractivity contribution in [2.24, 2.45) is 0 Å². The van der Waals surface area contributed by atoms with Crippen LogP contribution in [0.1, 0.15) is 46.8 Å². The van der Waals surface area contributed by atoms with Crippen LogP contribution in [0.15, 0.2) is 48.7 Å². The summed E-state index contributed by atoms with van der Waals surface area (Å²) < 4.78 is 1.42. The number of amides is 1. The summed E-state index contributed by atoms with van der Waals surface area (Å²) in [7, 11) is 0. The number of para-hydroxylation sites is 1. The van der Waals surface area contributed by atoms with E-state index in [1.807, 2.05) is 70.2 Å². The lowest BCUT2D eigenvalue weighted by Crippen LogP contribution is -2.13. The number of aromatic hydroxyl groups is 2. The van der Waals surface area contributed by atoms with Crippen molar-refractivity contribution >= 4 is 11.6 Å². The maximum absolute atomic E-state index is 12.8. The smallest absolute Gasteiger partial charge is 0.264 e. The van der Waals surface area contributed by atoms with Crippen molar-refractivity contribution in [2.75, 3.05) is 5.32 Å². The Morgan fingerprint density at radius 2 is 1.78 bits per heavy atom. The Morgan fingerprint density at radius 1 is 1.07 bits per heavy atom. The van der Waals surface area contributed by atoms with Gasteiger partial charge < -0.3 is 15.5 Å². The number of nitrogens with one attached hydrogen (secondary N) is 1. The second-order valence-corrected chi connectivity index (χ2v) is 7.07. The Morgan fingerprint density at radius 3 is 2.44 bits per heavy atom. The molecule has 0 saturated carbocycles. The SMILES string of the molecule is Cc1ccc(-n2cc(O)c(C(=O)Nc3ccccc3C(C)C)c2O)c(C)c1. The van der Waals surface area contributed by atoms with E-state index in [0.717, 1.165) is 16.7 Å². The van der Waals surface area contributed by atoms with Crippen molar-refractivity contribution in [2.45, 2.75) is 33.6 Å². The molecule has 3 rings (SSSR count). The molecule has 140 valence electrons. The molecule has 0 saturated heterocycles. The summed E-state index contributed by atoms with van der Waals surface area (Å²) in [6, 6.07) is 13.2. The standard InChI is InChI=1S/C22H24N2O3/c1-13(2)16-7-5-6-8-17(16)23-21(26)20-19(25)12-24(22(20)27)18-10-9-14(3)11-15(18)4/h5-13,25,27H,1-4H3,(H,23,26). The highest BCUT2D eigenvalue weighted by atomic mass is 16.3. The van der Waals surface area contributed by atoms with Gasteiger partial charge in [0.25, 0.3) is 5.91 Å². The van der Waals surface area contributed by atoms with Crippen LogP contribution in [0, 0.1) is 13.8 Å². The molecule has 0 unspecified atom stereocenters. The van der Waals surface area contributed by atoms with Crippen molar-refractivity contribution in [1.29, 1.82) is 0 Å². The number of nitrogens with zero attached hydrogens (tertiary/aromatic N) is 1. The molecule has 0 aliphatic heterocycles. The molecule has 0 fully saturated rings. The Bertz CT molecular complexity index is 1000. The van der Waals surface area contributed by atoms with Crippen LogP contribution in [0.4, 0.5) is 5.69 Å². The van der Waals surface area contributed by atoms with Crippen LogP contribution < -0.4 is 5.32 Å². The zero-order valence-corrected chi connectivity index (χ0v) is 15.9. The first-order chi connectivity index (χ1) is 12.8. The molecule has 27 heavy (non-hydrogen) atoms. The molecule has 3 N–H and O–H groups in total. The number of aromatic nitrogens is 1. The Hall–Kier alpha value is -3.21. The third-order valence-corrected chi connectivity index (χ3v) is 4.63. The summed E-state index contributed by atoms with van der Waals surface area (Å²) in [4.78, 5) is 12.8. The van der Waals surface area contributed by atoms with Crippen molar-refractivity contribution in [3.63, 3.8) is 0 Å². The molecule has 1 aromatic heterocycles. The fraction of sp³-hybridized carbons (Fsp3) is 0.227. The average Bonchev–Trinajstić information content (AvgIpc) is 2.89. The van der Waals surface area contributed by atoms with Gasteiger partial charge in [-0.1, -0.05) is 49.7 Å². The second kappa shape index (κ2) is 7.19. The van der Waals surface area contributed by atoms with Gasteiger partial charge in [0.15, 0.2) is 0 Å². The quantitative estimate of drug-likeness (QED) is 0.617. The molecule has 2 aromatic carbocycles. The van der Waals surface area contributed by atoms with E-state index in [2.05, 4.69) is 5.32 Å². The monoisotopic (exact) mass is 364 g/mol. The van der Waals surface area contributed by atoms with Crippen molar-refractivity contribution < 1.29 is 15.0 Å². The van der Waals surface area contributed by atoms with Crippen LogP contribution in [-0.2, 0) is 0 Å². The predicted octanol–water partition coefficient (Wildman–Crippen LogP) is 4.88. The summed E-state index contributed by atoms with van der Waals surface area (Å²) in [5.74, 6) is -0.893. The average molecular weight is 364 g/mol. The van der Waals surface area contributed by atoms with Crippen molar-refractivity contribution in [3.05, 3.63) is 70.9 Å². The van der Waals surface area contributed by atoms with Crippen LogP contribution in [0.2, 0.25) is 0 Å². The summed E-state index contributed by atoms with van der Waals surface area (Å²) in [6.07, 6.45) is 1.36. The van der Waals surface area contributed by atoms with E-state index in [4.69, 9.17) is 0 Å². The van der Waals surface area contributed by atoms with Gasteiger partial charge in [0, 0.05) is 5.69 Å². The van der Waals surface area contributed by atoms with Gasteiger partial charge in [0.05, 0.1) is 11.9 Å². The van der Waals surface area contributed by atoms with Gasteiger partial charge in [-0.25, -0.2) is 0 Å². The molecule has 5 nitrogen and oxygen atoms in total. The van der Waals surface area contributed by atoms with Crippen molar-refractivity contribution in [3.8, 4) is 17.3 Å². The predicted molar refractivity (Wildman–Crippen MR) is 107 cm³/mol. The number of benzene rings is 2. The van der Waals surface area contributed by atoms with Crippen LogP contribution in [-0.4, -0.2) is 20.7 Å². The summed E-state index contributed by atoms with van der Waals surface area (Å²) in [5, 5.41) is 23.7. The molecular weight excluding hydrogens is 340 g/mol. The summed E-state index contributed by atoms with van der Waals surface area (Å²) in [5.41, 5.74) is 4.23. The van der Waals surface area contributed by atoms with E-state index >= 15 is 0 Å². The first-order valence-electron chi connectivity index (χ1n) is 8.90. The lowest BCUT2D eigenvalue weighted by Gasteiger charge is -2.14. The minimum absolute atomic E-state index is 0.145. The zero-order chi connectivity index (χ0) is 19.7. The third kappa shape index (κ3) is 3.53. The lowest BCUT2D eigenvalue weighted by atomic mass is 10.0. The number of aryl methyl sites for hydroxylation is 2. The fourth-order valence-electron chi connectivity index (χ4n) is 3.26. The van der Waals surface area contributed by atoms with E-state index < -0.39 is 5.91 Å². The molecule has 0 radical (unpaired) electrons. The molecule has 5 heteroatoms. The Balaban J connectivity index is 1.99. The lowest BCUT2D eigenvalue weighted by molar-refractivity contribution is 0.102. The summed E-state index contributed by atoms with van der Waals surface area (Å²) >= 11 is 0. The highest BCUT2D eigenvalue weighted by Crippen LogP contribution is 2.34. The molecule has 0 bridgehead atoms. The summed E-state index contributed by atoms with van der Waals surface area (Å²) in [6.45, 7) is 7.97. The van der Waals surface area contributed by atoms with Gasteiger partial charge >= 0.3 is 0 Å². The van der Waals surface area contributed by atoms with Gasteiger partial charge in [0.1, 0.15) is 11.3 Å². The molecular formula is C22H24N2O3. The van der Waals surface area contributed by atoms with Gasteiger partial charge in [-0.05, 0) is 43.0 Å². The van der Waals surface area contributed by atoms with E-state index in [-0.39, 0.29) is 23.1 Å². The molecule has 3 aromatic rings. The minimum Gasteiger partial charge on any atom is -0.505 e. The van der Waals surface area contributed by atoms with E-state index in [9.17, 15) is 15.0 Å². The minimum atomic E-state index is -0.554. The normalized spacial score (nSPS) is 11.0. The number of anilines is 1. The van der Waals surface area contributed by atoms with Gasteiger partial charge in [-0.3, -0.25) is 9.36 Å². The molecule has 0 spiro atoms. The van der Waals surface area contributed by atoms with E-state index in [0.29, 0.717) is 11.4 Å².